The summed E-state index contributed by atoms with van der Waals surface area (Å²) in [6, 6.07) is 14.4. The minimum atomic E-state index is -0.0732. The van der Waals surface area contributed by atoms with Gasteiger partial charge in [0, 0.05) is 56.0 Å². The lowest BCUT2D eigenvalue weighted by atomic mass is 10.1. The first kappa shape index (κ1) is 18.6. The van der Waals surface area contributed by atoms with E-state index in [-0.39, 0.29) is 5.56 Å². The van der Waals surface area contributed by atoms with Crippen LogP contribution in [0.3, 0.4) is 0 Å². The summed E-state index contributed by atoms with van der Waals surface area (Å²) in [6.45, 7) is 3.97. The third-order valence-corrected chi connectivity index (χ3v) is 6.24. The third kappa shape index (κ3) is 3.49. The maximum atomic E-state index is 12.4. The molecule has 0 radical (unpaired) electrons. The molecule has 1 fully saturated rings. The highest BCUT2D eigenvalue weighted by molar-refractivity contribution is 5.83. The van der Waals surface area contributed by atoms with Crippen LogP contribution in [-0.2, 0) is 0 Å². The van der Waals surface area contributed by atoms with E-state index in [4.69, 9.17) is 5.26 Å². The molecule has 3 aromatic rings. The summed E-state index contributed by atoms with van der Waals surface area (Å²) in [5.74, 6) is 0. The fraction of sp³-hybridized carbons (Fsp3) is 0.292. The second-order valence-electron chi connectivity index (χ2n) is 7.95. The Kier molecular flexibility index (Phi) is 4.82. The Morgan fingerprint density at radius 2 is 1.90 bits per heavy atom. The Bertz CT molecular complexity index is 1200. The third-order valence-electron chi connectivity index (χ3n) is 6.24. The van der Waals surface area contributed by atoms with Crippen molar-refractivity contribution in [1.29, 1.82) is 5.26 Å². The quantitative estimate of drug-likeness (QED) is 0.735. The molecule has 30 heavy (non-hydrogen) atoms. The summed E-state index contributed by atoms with van der Waals surface area (Å²) in [4.78, 5) is 24.4. The van der Waals surface area contributed by atoms with Crippen molar-refractivity contribution in [3.8, 4) is 6.07 Å². The van der Waals surface area contributed by atoms with Crippen LogP contribution in [0.25, 0.3) is 16.3 Å². The molecule has 6 heteroatoms. The van der Waals surface area contributed by atoms with Crippen LogP contribution in [0.4, 0.5) is 5.69 Å². The lowest BCUT2D eigenvalue weighted by Crippen LogP contribution is -2.49. The maximum absolute atomic E-state index is 12.4. The number of nitrogens with one attached hydrogen (secondary N) is 1. The molecule has 150 valence electrons. The number of rotatable bonds is 3. The molecule has 0 bridgehead atoms. The second-order valence-corrected chi connectivity index (χ2v) is 7.95. The van der Waals surface area contributed by atoms with Crippen LogP contribution < -0.4 is 10.5 Å². The molecular formula is C24H23N5O. The van der Waals surface area contributed by atoms with Gasteiger partial charge in [0.05, 0.1) is 17.0 Å². The van der Waals surface area contributed by atoms with Crippen LogP contribution in [0.1, 0.15) is 24.1 Å². The zero-order valence-corrected chi connectivity index (χ0v) is 16.7. The largest absolute Gasteiger partial charge is 0.369 e. The Morgan fingerprint density at radius 1 is 1.10 bits per heavy atom. The molecule has 1 aliphatic carbocycles. The van der Waals surface area contributed by atoms with E-state index in [0.717, 1.165) is 50.1 Å². The minimum absolute atomic E-state index is 0.0732. The van der Waals surface area contributed by atoms with Crippen LogP contribution in [0.5, 0.6) is 0 Å². The number of benzene rings is 1. The molecule has 0 amide bonds. The summed E-state index contributed by atoms with van der Waals surface area (Å²) in [5.41, 5.74) is 3.96. The average molecular weight is 397 g/mol. The molecule has 6 nitrogen and oxygen atoms in total. The minimum Gasteiger partial charge on any atom is -0.369 e. The van der Waals surface area contributed by atoms with Gasteiger partial charge < -0.3 is 9.88 Å². The first-order valence-corrected chi connectivity index (χ1v) is 10.4. The van der Waals surface area contributed by atoms with E-state index in [1.54, 1.807) is 12.4 Å². The zero-order chi connectivity index (χ0) is 20.5. The number of nitriles is 1. The van der Waals surface area contributed by atoms with Gasteiger partial charge in [-0.05, 0) is 60.2 Å². The number of piperazine rings is 1. The Balaban J connectivity index is 1.28. The SMILES string of the molecule is N#Cc1ccc(N2CCN(C3C=C(c4cc5ccncc5c(=O)[nH]4)CC3)CC2)cc1. The first-order valence-electron chi connectivity index (χ1n) is 10.4. The summed E-state index contributed by atoms with van der Waals surface area (Å²) >= 11 is 0. The molecule has 3 heterocycles. The van der Waals surface area contributed by atoms with Gasteiger partial charge >= 0.3 is 0 Å². The highest BCUT2D eigenvalue weighted by Crippen LogP contribution is 2.31. The van der Waals surface area contributed by atoms with Crippen molar-refractivity contribution in [1.82, 2.24) is 14.9 Å². The lowest BCUT2D eigenvalue weighted by Gasteiger charge is -2.38. The summed E-state index contributed by atoms with van der Waals surface area (Å²) in [5, 5.41) is 10.5. The molecule has 5 rings (SSSR count). The fourth-order valence-electron chi connectivity index (χ4n) is 4.55. The number of nitrogens with zero attached hydrogens (tertiary/aromatic N) is 4. The molecule has 0 saturated carbocycles. The number of fused-ring (bicyclic) bond motifs is 1. The van der Waals surface area contributed by atoms with E-state index in [0.29, 0.717) is 17.0 Å². The van der Waals surface area contributed by atoms with Gasteiger partial charge in [-0.3, -0.25) is 14.7 Å². The van der Waals surface area contributed by atoms with E-state index in [1.807, 2.05) is 30.3 Å². The molecule has 0 spiro atoms. The lowest BCUT2D eigenvalue weighted by molar-refractivity contribution is 0.214. The van der Waals surface area contributed by atoms with Crippen molar-refractivity contribution >= 4 is 22.0 Å². The highest BCUT2D eigenvalue weighted by Gasteiger charge is 2.27. The number of H-pyrrole nitrogens is 1. The number of aromatic nitrogens is 2. The molecule has 1 saturated heterocycles. The summed E-state index contributed by atoms with van der Waals surface area (Å²) < 4.78 is 0. The molecule has 1 unspecified atom stereocenters. The standard InChI is InChI=1S/C24H23N5O/c25-15-17-1-4-20(5-2-17)28-9-11-29(12-10-28)21-6-3-19(13-21)23-14-18-7-8-26-16-22(18)24(30)27-23/h1-2,4-5,7-8,13-14,16,21H,3,6,9-12H2,(H,27,30). The van der Waals surface area contributed by atoms with Crippen molar-refractivity contribution in [3.05, 3.63) is 76.5 Å². The molecule has 1 aliphatic heterocycles. The maximum Gasteiger partial charge on any atom is 0.257 e. The van der Waals surface area contributed by atoms with Crippen molar-refractivity contribution in [3.63, 3.8) is 0 Å². The van der Waals surface area contributed by atoms with Crippen molar-refractivity contribution in [2.75, 3.05) is 31.1 Å². The van der Waals surface area contributed by atoms with E-state index >= 15 is 0 Å². The number of pyridine rings is 2. The molecule has 2 aromatic heterocycles. The Hall–Kier alpha value is -3.43. The number of hydrogen-bond donors (Lipinski definition) is 1. The van der Waals surface area contributed by atoms with Gasteiger partial charge in [-0.1, -0.05) is 6.08 Å². The second kappa shape index (κ2) is 7.77. The molecule has 2 aliphatic rings. The van der Waals surface area contributed by atoms with Gasteiger partial charge in [0.1, 0.15) is 0 Å². The van der Waals surface area contributed by atoms with Crippen LogP contribution in [-0.4, -0.2) is 47.1 Å². The number of aromatic amines is 1. The zero-order valence-electron chi connectivity index (χ0n) is 16.7. The van der Waals surface area contributed by atoms with Gasteiger partial charge in [0.15, 0.2) is 0 Å². The highest BCUT2D eigenvalue weighted by atomic mass is 16.1. The van der Waals surface area contributed by atoms with E-state index in [2.05, 4.69) is 38.0 Å². The van der Waals surface area contributed by atoms with Gasteiger partial charge in [-0.25, -0.2) is 0 Å². The molecular weight excluding hydrogens is 374 g/mol. The van der Waals surface area contributed by atoms with E-state index in [1.165, 1.54) is 11.3 Å². The van der Waals surface area contributed by atoms with Crippen molar-refractivity contribution < 1.29 is 0 Å². The molecule has 1 N–H and O–H groups in total. The van der Waals surface area contributed by atoms with Crippen LogP contribution in [0, 0.1) is 11.3 Å². The van der Waals surface area contributed by atoms with Crippen LogP contribution in [0.15, 0.2) is 59.7 Å². The Morgan fingerprint density at radius 3 is 2.67 bits per heavy atom. The first-order chi connectivity index (χ1) is 14.7. The van der Waals surface area contributed by atoms with Crippen molar-refractivity contribution in [2.24, 2.45) is 0 Å². The number of anilines is 1. The van der Waals surface area contributed by atoms with Gasteiger partial charge in [0.2, 0.25) is 0 Å². The van der Waals surface area contributed by atoms with Gasteiger partial charge in [-0.2, -0.15) is 5.26 Å². The van der Waals surface area contributed by atoms with Crippen LogP contribution in [0.2, 0.25) is 0 Å². The smallest absolute Gasteiger partial charge is 0.257 e. The average Bonchev–Trinajstić information content (AvgIpc) is 3.30. The van der Waals surface area contributed by atoms with E-state index in [9.17, 15) is 4.79 Å². The predicted octanol–water partition coefficient (Wildman–Crippen LogP) is 3.16. The van der Waals surface area contributed by atoms with Gasteiger partial charge in [0.25, 0.3) is 5.56 Å². The van der Waals surface area contributed by atoms with Crippen molar-refractivity contribution in [2.45, 2.75) is 18.9 Å². The van der Waals surface area contributed by atoms with E-state index < -0.39 is 0 Å². The number of hydrogen-bond acceptors (Lipinski definition) is 5. The molecule has 1 aromatic carbocycles. The van der Waals surface area contributed by atoms with Crippen LogP contribution >= 0.6 is 0 Å². The fourth-order valence-corrected chi connectivity index (χ4v) is 4.55. The summed E-state index contributed by atoms with van der Waals surface area (Å²) in [7, 11) is 0. The van der Waals surface area contributed by atoms with Gasteiger partial charge in [-0.15, -0.1) is 0 Å². The normalized spacial score (nSPS) is 19.6. The summed E-state index contributed by atoms with van der Waals surface area (Å²) in [6.07, 6.45) is 7.74. The number of allylic oxidation sites excluding steroid dienone is 1. The topological polar surface area (TPSA) is 76.0 Å². The predicted molar refractivity (Wildman–Crippen MR) is 118 cm³/mol. The Labute approximate surface area is 175 Å². The monoisotopic (exact) mass is 397 g/mol. The molecule has 1 atom stereocenters.